The molecule has 4 heteroatoms. The summed E-state index contributed by atoms with van der Waals surface area (Å²) >= 11 is 3.51. The Bertz CT molecular complexity index is 487. The molecule has 15 heavy (non-hydrogen) atoms. The van der Waals surface area contributed by atoms with Gasteiger partial charge in [0.25, 0.3) is 0 Å². The van der Waals surface area contributed by atoms with E-state index in [4.69, 9.17) is 0 Å². The van der Waals surface area contributed by atoms with Crippen LogP contribution in [0.15, 0.2) is 30.3 Å². The molecule has 0 aliphatic carbocycles. The van der Waals surface area contributed by atoms with Crippen LogP contribution in [0, 0.1) is 0 Å². The molecule has 1 aromatic heterocycles. The van der Waals surface area contributed by atoms with Gasteiger partial charge in [-0.05, 0) is 34.5 Å². The SMILES string of the molecule is CCCC=C(Br)n1nnc2ccccc21. The normalized spacial score (nSPS) is 12.3. The predicted octanol–water partition coefficient (Wildman–Crippen LogP) is 3.42. The van der Waals surface area contributed by atoms with Crippen molar-refractivity contribution in [1.82, 2.24) is 15.0 Å². The first-order valence-corrected chi connectivity index (χ1v) is 5.78. The second-order valence-electron chi connectivity index (χ2n) is 3.31. The average Bonchev–Trinajstić information content (AvgIpc) is 2.69. The number of hydrogen-bond donors (Lipinski definition) is 0. The largest absolute Gasteiger partial charge is 0.206 e. The molecule has 0 fully saturated rings. The number of unbranched alkanes of at least 4 members (excludes halogenated alkanes) is 1. The zero-order valence-electron chi connectivity index (χ0n) is 8.52. The lowest BCUT2D eigenvalue weighted by molar-refractivity contribution is 0.849. The Morgan fingerprint density at radius 1 is 1.47 bits per heavy atom. The fourth-order valence-corrected chi connectivity index (χ4v) is 1.87. The average molecular weight is 266 g/mol. The van der Waals surface area contributed by atoms with Gasteiger partial charge in [-0.1, -0.05) is 36.8 Å². The first-order valence-electron chi connectivity index (χ1n) is 4.99. The summed E-state index contributed by atoms with van der Waals surface area (Å²) in [5, 5.41) is 8.19. The monoisotopic (exact) mass is 265 g/mol. The number of halogens is 1. The molecule has 0 aliphatic rings. The molecule has 0 saturated carbocycles. The van der Waals surface area contributed by atoms with Crippen LogP contribution < -0.4 is 0 Å². The Kier molecular flexibility index (Phi) is 3.16. The molecule has 0 N–H and O–H groups in total. The zero-order chi connectivity index (χ0) is 10.7. The van der Waals surface area contributed by atoms with Crippen molar-refractivity contribution in [1.29, 1.82) is 0 Å². The Balaban J connectivity index is 2.43. The van der Waals surface area contributed by atoms with E-state index in [2.05, 4.69) is 39.2 Å². The molecule has 1 heterocycles. The highest BCUT2D eigenvalue weighted by Gasteiger charge is 2.04. The van der Waals surface area contributed by atoms with Gasteiger partial charge in [0.15, 0.2) is 0 Å². The van der Waals surface area contributed by atoms with Crippen LogP contribution in [0.2, 0.25) is 0 Å². The molecule has 0 atom stereocenters. The summed E-state index contributed by atoms with van der Waals surface area (Å²) in [5.74, 6) is 0. The fraction of sp³-hybridized carbons (Fsp3) is 0.273. The van der Waals surface area contributed by atoms with Crippen LogP contribution >= 0.6 is 15.9 Å². The Labute approximate surface area is 96.9 Å². The molecule has 2 aromatic rings. The minimum atomic E-state index is 0.916. The van der Waals surface area contributed by atoms with Gasteiger partial charge < -0.3 is 0 Å². The lowest BCUT2D eigenvalue weighted by atomic mass is 10.3. The topological polar surface area (TPSA) is 30.7 Å². The van der Waals surface area contributed by atoms with Crippen molar-refractivity contribution in [2.75, 3.05) is 0 Å². The van der Waals surface area contributed by atoms with E-state index in [9.17, 15) is 0 Å². The van der Waals surface area contributed by atoms with Crippen LogP contribution in [-0.4, -0.2) is 15.0 Å². The van der Waals surface area contributed by atoms with Gasteiger partial charge in [-0.25, -0.2) is 4.68 Å². The van der Waals surface area contributed by atoms with E-state index < -0.39 is 0 Å². The molecule has 0 unspecified atom stereocenters. The van der Waals surface area contributed by atoms with Gasteiger partial charge in [-0.15, -0.1) is 5.10 Å². The van der Waals surface area contributed by atoms with Crippen LogP contribution in [-0.2, 0) is 0 Å². The number of aromatic nitrogens is 3. The summed E-state index contributed by atoms with van der Waals surface area (Å²) in [7, 11) is 0. The highest BCUT2D eigenvalue weighted by molar-refractivity contribution is 9.14. The molecule has 0 bridgehead atoms. The van der Waals surface area contributed by atoms with Crippen LogP contribution in [0.4, 0.5) is 0 Å². The molecule has 0 spiro atoms. The quantitative estimate of drug-likeness (QED) is 0.852. The van der Waals surface area contributed by atoms with Gasteiger partial charge in [0.2, 0.25) is 0 Å². The van der Waals surface area contributed by atoms with Crippen molar-refractivity contribution in [2.45, 2.75) is 19.8 Å². The van der Waals surface area contributed by atoms with Crippen molar-refractivity contribution in [2.24, 2.45) is 0 Å². The summed E-state index contributed by atoms with van der Waals surface area (Å²) in [6.07, 6.45) is 4.28. The molecular formula is C11H12BrN3. The van der Waals surface area contributed by atoms with Gasteiger partial charge in [-0.2, -0.15) is 0 Å². The van der Waals surface area contributed by atoms with E-state index in [1.807, 2.05) is 28.9 Å². The third-order valence-electron chi connectivity index (χ3n) is 2.16. The Hall–Kier alpha value is -1.16. The molecule has 0 radical (unpaired) electrons. The molecule has 1 aromatic carbocycles. The Morgan fingerprint density at radius 3 is 3.07 bits per heavy atom. The lowest BCUT2D eigenvalue weighted by Gasteiger charge is -1.99. The van der Waals surface area contributed by atoms with Gasteiger partial charge >= 0.3 is 0 Å². The third-order valence-corrected chi connectivity index (χ3v) is 2.82. The van der Waals surface area contributed by atoms with Crippen molar-refractivity contribution >= 4 is 31.6 Å². The van der Waals surface area contributed by atoms with Crippen molar-refractivity contribution < 1.29 is 0 Å². The number of allylic oxidation sites excluding steroid dienone is 1. The number of nitrogens with zero attached hydrogens (tertiary/aromatic N) is 3. The second-order valence-corrected chi connectivity index (χ2v) is 4.12. The molecule has 2 rings (SSSR count). The fourth-order valence-electron chi connectivity index (χ4n) is 1.38. The van der Waals surface area contributed by atoms with Crippen LogP contribution in [0.3, 0.4) is 0 Å². The van der Waals surface area contributed by atoms with E-state index in [1.165, 1.54) is 0 Å². The third kappa shape index (κ3) is 2.09. The lowest BCUT2D eigenvalue weighted by Crippen LogP contribution is -1.93. The highest BCUT2D eigenvalue weighted by Crippen LogP contribution is 2.19. The first-order chi connectivity index (χ1) is 7.33. The summed E-state index contributed by atoms with van der Waals surface area (Å²) in [5.41, 5.74) is 1.94. The Morgan fingerprint density at radius 2 is 2.27 bits per heavy atom. The minimum absolute atomic E-state index is 0.916. The standard InChI is InChI=1S/C11H12BrN3/c1-2-3-8-11(12)15-10-7-5-4-6-9(10)13-14-15/h4-8H,2-3H2,1H3. The summed E-state index contributed by atoms with van der Waals surface area (Å²) in [6, 6.07) is 7.92. The van der Waals surface area contributed by atoms with Crippen LogP contribution in [0.1, 0.15) is 19.8 Å². The number of hydrogen-bond acceptors (Lipinski definition) is 2. The van der Waals surface area contributed by atoms with E-state index in [0.29, 0.717) is 0 Å². The van der Waals surface area contributed by atoms with Crippen molar-refractivity contribution in [3.63, 3.8) is 0 Å². The van der Waals surface area contributed by atoms with Crippen molar-refractivity contribution in [3.8, 4) is 0 Å². The van der Waals surface area contributed by atoms with E-state index in [-0.39, 0.29) is 0 Å². The van der Waals surface area contributed by atoms with Crippen molar-refractivity contribution in [3.05, 3.63) is 30.3 Å². The first kappa shape index (κ1) is 10.4. The molecule has 3 nitrogen and oxygen atoms in total. The number of benzene rings is 1. The zero-order valence-corrected chi connectivity index (χ0v) is 10.1. The van der Waals surface area contributed by atoms with Gasteiger partial charge in [0.1, 0.15) is 10.1 Å². The smallest absolute Gasteiger partial charge is 0.113 e. The molecule has 0 amide bonds. The number of fused-ring (bicyclic) bond motifs is 1. The van der Waals surface area contributed by atoms with Crippen LogP contribution in [0.25, 0.3) is 15.6 Å². The molecule has 78 valence electrons. The summed E-state index contributed by atoms with van der Waals surface area (Å²) in [4.78, 5) is 0. The predicted molar refractivity (Wildman–Crippen MR) is 65.6 cm³/mol. The maximum Gasteiger partial charge on any atom is 0.113 e. The molecule has 0 aliphatic heterocycles. The van der Waals surface area contributed by atoms with E-state index in [1.54, 1.807) is 0 Å². The van der Waals surface area contributed by atoms with Gasteiger partial charge in [0, 0.05) is 0 Å². The van der Waals surface area contributed by atoms with Gasteiger partial charge in [-0.3, -0.25) is 0 Å². The highest BCUT2D eigenvalue weighted by atomic mass is 79.9. The molecular weight excluding hydrogens is 254 g/mol. The van der Waals surface area contributed by atoms with E-state index in [0.717, 1.165) is 28.5 Å². The number of rotatable bonds is 3. The maximum absolute atomic E-state index is 4.10. The maximum atomic E-state index is 4.10. The second kappa shape index (κ2) is 4.57. The van der Waals surface area contributed by atoms with Crippen LogP contribution in [0.5, 0.6) is 0 Å². The van der Waals surface area contributed by atoms with Gasteiger partial charge in [0.05, 0.1) is 5.52 Å². The summed E-state index contributed by atoms with van der Waals surface area (Å²) in [6.45, 7) is 2.15. The number of para-hydroxylation sites is 1. The molecule has 0 saturated heterocycles. The minimum Gasteiger partial charge on any atom is -0.206 e. The van der Waals surface area contributed by atoms with E-state index >= 15 is 0 Å². The summed E-state index contributed by atoms with van der Waals surface area (Å²) < 4.78 is 2.77.